The summed E-state index contributed by atoms with van der Waals surface area (Å²) in [5.74, 6) is 0. The maximum Gasteiger partial charge on any atom is 0.0614 e. The van der Waals surface area contributed by atoms with Crippen LogP contribution >= 0.6 is 0 Å². The third-order valence-corrected chi connectivity index (χ3v) is 0.585. The molecule has 0 saturated carbocycles. The number of hydrogen-bond donors (Lipinski definition) is 1. The Morgan fingerprint density at radius 2 is 2.29 bits per heavy atom. The van der Waals surface area contributed by atoms with Crippen molar-refractivity contribution < 1.29 is 4.74 Å². The Balaban J connectivity index is 2.68. The molecule has 0 rings (SSSR count). The highest BCUT2D eigenvalue weighted by molar-refractivity contribution is 4.46. The van der Waals surface area contributed by atoms with Crippen LogP contribution in [0, 0.1) is 0 Å². The molecule has 0 aromatic heterocycles. The third kappa shape index (κ3) is 5.92. The van der Waals surface area contributed by atoms with Crippen LogP contribution in [0.4, 0.5) is 0 Å². The molecular weight excluding hydrogens is 90.1 g/mol. The first-order valence-corrected chi connectivity index (χ1v) is 2.60. The van der Waals surface area contributed by atoms with Gasteiger partial charge in [0.05, 0.1) is 6.61 Å². The summed E-state index contributed by atoms with van der Waals surface area (Å²) in [5, 5.41) is 0. The van der Waals surface area contributed by atoms with E-state index in [0.29, 0.717) is 6.61 Å². The van der Waals surface area contributed by atoms with Gasteiger partial charge in [0.25, 0.3) is 0 Å². The zero-order valence-corrected chi connectivity index (χ0v) is 4.98. The normalized spacial score (nSPS) is 14.1. The van der Waals surface area contributed by atoms with Gasteiger partial charge in [0.2, 0.25) is 0 Å². The summed E-state index contributed by atoms with van der Waals surface area (Å²) in [6.45, 7) is 5.33. The molecule has 2 nitrogen and oxygen atoms in total. The lowest BCUT2D eigenvalue weighted by Gasteiger charge is -2.01. The molecule has 0 amide bonds. The molecule has 1 atom stereocenters. The average Bonchev–Trinajstić information content (AvgIpc) is 1.61. The van der Waals surface area contributed by atoms with Crippen LogP contribution in [0.2, 0.25) is 0 Å². The Kier molecular flexibility index (Phi) is 4.04. The summed E-state index contributed by atoms with van der Waals surface area (Å²) in [6.07, 6.45) is 0. The smallest absolute Gasteiger partial charge is 0.0614 e. The number of nitrogens with two attached hydrogens (primary N) is 1. The van der Waals surface area contributed by atoms with Crippen LogP contribution in [0.1, 0.15) is 13.8 Å². The Morgan fingerprint density at radius 3 is 2.43 bits per heavy atom. The van der Waals surface area contributed by atoms with Crippen LogP contribution in [0.15, 0.2) is 0 Å². The van der Waals surface area contributed by atoms with Gasteiger partial charge < -0.3 is 10.5 Å². The zero-order chi connectivity index (χ0) is 5.70. The molecule has 0 aliphatic carbocycles. The monoisotopic (exact) mass is 103 g/mol. The van der Waals surface area contributed by atoms with Gasteiger partial charge >= 0.3 is 0 Å². The Morgan fingerprint density at radius 1 is 1.71 bits per heavy atom. The van der Waals surface area contributed by atoms with Crippen molar-refractivity contribution in [2.24, 2.45) is 5.73 Å². The van der Waals surface area contributed by atoms with Crippen LogP contribution in [-0.4, -0.2) is 19.3 Å². The van der Waals surface area contributed by atoms with Crippen LogP contribution in [0.5, 0.6) is 0 Å². The molecule has 0 spiro atoms. The van der Waals surface area contributed by atoms with Gasteiger partial charge in [-0.05, 0) is 13.8 Å². The topological polar surface area (TPSA) is 35.2 Å². The number of ether oxygens (including phenoxy) is 1. The summed E-state index contributed by atoms with van der Waals surface area (Å²) in [6, 6.07) is 0.181. The van der Waals surface area contributed by atoms with Gasteiger partial charge in [-0.3, -0.25) is 0 Å². The van der Waals surface area contributed by atoms with Gasteiger partial charge in [-0.15, -0.1) is 0 Å². The van der Waals surface area contributed by atoms with E-state index >= 15 is 0 Å². The molecule has 1 unspecified atom stereocenters. The molecule has 0 aliphatic heterocycles. The van der Waals surface area contributed by atoms with Gasteiger partial charge in [-0.1, -0.05) is 0 Å². The number of rotatable bonds is 3. The quantitative estimate of drug-likeness (QED) is 0.560. The zero-order valence-electron chi connectivity index (χ0n) is 4.98. The second-order valence-electron chi connectivity index (χ2n) is 1.64. The lowest BCUT2D eigenvalue weighted by molar-refractivity contribution is 0.137. The number of hydrogen-bond acceptors (Lipinski definition) is 2. The summed E-state index contributed by atoms with van der Waals surface area (Å²) in [5.41, 5.74) is 5.35. The van der Waals surface area contributed by atoms with Crippen molar-refractivity contribution in [1.82, 2.24) is 0 Å². The van der Waals surface area contributed by atoms with Crippen molar-refractivity contribution in [3.63, 3.8) is 0 Å². The first-order chi connectivity index (χ1) is 3.27. The predicted octanol–water partition coefficient (Wildman–Crippen LogP) is 0.370. The van der Waals surface area contributed by atoms with E-state index in [1.165, 1.54) is 0 Å². The first kappa shape index (κ1) is 6.92. The Hall–Kier alpha value is -0.0800. The molecule has 0 heterocycles. The van der Waals surface area contributed by atoms with E-state index in [9.17, 15) is 0 Å². The fourth-order valence-electron chi connectivity index (χ4n) is 0.304. The maximum atomic E-state index is 5.35. The Labute approximate surface area is 44.7 Å². The van der Waals surface area contributed by atoms with E-state index in [2.05, 4.69) is 0 Å². The Bertz CT molecular complexity index is 37.1. The summed E-state index contributed by atoms with van der Waals surface area (Å²) in [4.78, 5) is 0. The van der Waals surface area contributed by atoms with Gasteiger partial charge in [0, 0.05) is 12.6 Å². The van der Waals surface area contributed by atoms with Crippen LogP contribution in [0.3, 0.4) is 0 Å². The summed E-state index contributed by atoms with van der Waals surface area (Å²) < 4.78 is 4.97. The van der Waals surface area contributed by atoms with Crippen LogP contribution < -0.4 is 5.73 Å². The van der Waals surface area contributed by atoms with Crippen molar-refractivity contribution in [3.05, 3.63) is 0 Å². The summed E-state index contributed by atoms with van der Waals surface area (Å²) in [7, 11) is 0. The minimum absolute atomic E-state index is 0.181. The molecule has 2 heteroatoms. The second-order valence-corrected chi connectivity index (χ2v) is 1.64. The third-order valence-electron chi connectivity index (χ3n) is 0.585. The van der Waals surface area contributed by atoms with Crippen molar-refractivity contribution in [3.8, 4) is 0 Å². The van der Waals surface area contributed by atoms with E-state index in [0.717, 1.165) is 6.61 Å². The molecule has 7 heavy (non-hydrogen) atoms. The van der Waals surface area contributed by atoms with E-state index in [-0.39, 0.29) is 6.04 Å². The van der Waals surface area contributed by atoms with E-state index in [1.54, 1.807) is 0 Å². The minimum Gasteiger partial charge on any atom is -0.380 e. The van der Waals surface area contributed by atoms with Crippen LogP contribution in [0.25, 0.3) is 0 Å². The molecule has 0 aliphatic rings. The lowest BCUT2D eigenvalue weighted by atomic mass is 10.4. The van der Waals surface area contributed by atoms with Crippen molar-refractivity contribution in [1.29, 1.82) is 0 Å². The van der Waals surface area contributed by atoms with E-state index in [4.69, 9.17) is 10.5 Å². The fourth-order valence-corrected chi connectivity index (χ4v) is 0.304. The van der Waals surface area contributed by atoms with Gasteiger partial charge in [0.1, 0.15) is 0 Å². The minimum atomic E-state index is 0.181. The fraction of sp³-hybridized carbons (Fsp3) is 1.00. The second kappa shape index (κ2) is 4.09. The molecule has 2 N–H and O–H groups in total. The predicted molar refractivity (Wildman–Crippen MR) is 30.1 cm³/mol. The largest absolute Gasteiger partial charge is 0.380 e. The lowest BCUT2D eigenvalue weighted by Crippen LogP contribution is -2.21. The first-order valence-electron chi connectivity index (χ1n) is 2.60. The molecule has 0 bridgehead atoms. The standard InChI is InChI=1S/C5H13NO/c1-3-7-4-5(2)6/h5H,3-4,6H2,1-2H3. The maximum absolute atomic E-state index is 5.35. The molecule has 0 fully saturated rings. The van der Waals surface area contributed by atoms with Crippen molar-refractivity contribution in [2.75, 3.05) is 13.2 Å². The highest BCUT2D eigenvalue weighted by atomic mass is 16.5. The molecule has 0 aromatic rings. The highest BCUT2D eigenvalue weighted by Gasteiger charge is 1.88. The molecule has 0 saturated heterocycles. The van der Waals surface area contributed by atoms with Crippen LogP contribution in [-0.2, 0) is 4.74 Å². The molecule has 0 aromatic carbocycles. The SMILES string of the molecule is CCOCC(C)N. The van der Waals surface area contributed by atoms with Crippen molar-refractivity contribution >= 4 is 0 Å². The van der Waals surface area contributed by atoms with Crippen molar-refractivity contribution in [2.45, 2.75) is 19.9 Å². The van der Waals surface area contributed by atoms with Gasteiger partial charge in [-0.2, -0.15) is 0 Å². The average molecular weight is 103 g/mol. The van der Waals surface area contributed by atoms with Gasteiger partial charge in [0.15, 0.2) is 0 Å². The van der Waals surface area contributed by atoms with E-state index in [1.807, 2.05) is 13.8 Å². The summed E-state index contributed by atoms with van der Waals surface area (Å²) >= 11 is 0. The van der Waals surface area contributed by atoms with E-state index < -0.39 is 0 Å². The molecule has 0 radical (unpaired) electrons. The molecular formula is C5H13NO. The van der Waals surface area contributed by atoms with Gasteiger partial charge in [-0.25, -0.2) is 0 Å². The molecule has 44 valence electrons. The highest BCUT2D eigenvalue weighted by Crippen LogP contribution is 1.76.